The van der Waals surface area contributed by atoms with Gasteiger partial charge < -0.3 is 14.8 Å². The number of aromatic nitrogens is 3. The van der Waals surface area contributed by atoms with Crippen LogP contribution >= 0.6 is 11.8 Å². The number of rotatable bonds is 8. The summed E-state index contributed by atoms with van der Waals surface area (Å²) in [5.41, 5.74) is 4.45. The van der Waals surface area contributed by atoms with Crippen LogP contribution in [0.1, 0.15) is 37.1 Å². The van der Waals surface area contributed by atoms with Gasteiger partial charge in [0.2, 0.25) is 17.3 Å². The summed E-state index contributed by atoms with van der Waals surface area (Å²) < 4.78 is 12.7. The zero-order valence-corrected chi connectivity index (χ0v) is 19.8. The van der Waals surface area contributed by atoms with Crippen molar-refractivity contribution >= 4 is 17.4 Å². The van der Waals surface area contributed by atoms with Gasteiger partial charge in [0.15, 0.2) is 5.69 Å². The van der Waals surface area contributed by atoms with Crippen LogP contribution in [0.25, 0.3) is 11.3 Å². The van der Waals surface area contributed by atoms with Crippen molar-refractivity contribution in [2.45, 2.75) is 37.8 Å². The van der Waals surface area contributed by atoms with Gasteiger partial charge in [-0.3, -0.25) is 0 Å². The monoisotopic (exact) mass is 470 g/mol. The summed E-state index contributed by atoms with van der Waals surface area (Å²) in [5.74, 6) is 2.17. The number of ether oxygens (including phenoxy) is 2. The first-order valence-electron chi connectivity index (χ1n) is 11.5. The maximum absolute atomic E-state index is 6.45. The van der Waals surface area contributed by atoms with Crippen LogP contribution in [-0.2, 0) is 6.61 Å². The van der Waals surface area contributed by atoms with Gasteiger partial charge in [0.25, 0.3) is 0 Å². The highest BCUT2D eigenvalue weighted by molar-refractivity contribution is 7.99. The lowest BCUT2D eigenvalue weighted by Gasteiger charge is -2.22. The Morgan fingerprint density at radius 1 is 0.941 bits per heavy atom. The van der Waals surface area contributed by atoms with E-state index >= 15 is 0 Å². The molecule has 7 heteroatoms. The molecule has 6 nitrogen and oxygen atoms in total. The second kappa shape index (κ2) is 10.6. The van der Waals surface area contributed by atoms with E-state index in [1.807, 2.05) is 66.7 Å². The molecule has 0 aliphatic carbocycles. The third-order valence-electron chi connectivity index (χ3n) is 5.50. The van der Waals surface area contributed by atoms with Crippen LogP contribution in [0.3, 0.4) is 0 Å². The smallest absolute Gasteiger partial charge is 0.247 e. The van der Waals surface area contributed by atoms with Gasteiger partial charge in [0.05, 0.1) is 5.56 Å². The number of fused-ring (bicyclic) bond motifs is 3. The van der Waals surface area contributed by atoms with Gasteiger partial charge in [-0.1, -0.05) is 85.8 Å². The molecule has 0 amide bonds. The van der Waals surface area contributed by atoms with Gasteiger partial charge in [-0.05, 0) is 30.2 Å². The molecule has 0 radical (unpaired) electrons. The van der Waals surface area contributed by atoms with Crippen molar-refractivity contribution in [3.63, 3.8) is 0 Å². The third kappa shape index (κ3) is 4.99. The zero-order chi connectivity index (χ0) is 23.2. The Morgan fingerprint density at radius 2 is 1.74 bits per heavy atom. The largest absolute Gasteiger partial charge is 0.488 e. The molecule has 0 saturated heterocycles. The molecule has 3 aromatic carbocycles. The number of anilines is 1. The molecule has 0 saturated carbocycles. The predicted molar refractivity (Wildman–Crippen MR) is 135 cm³/mol. The minimum atomic E-state index is -0.500. The number of hydrogen-bond donors (Lipinski definition) is 1. The van der Waals surface area contributed by atoms with E-state index in [0.29, 0.717) is 23.3 Å². The van der Waals surface area contributed by atoms with Gasteiger partial charge >= 0.3 is 0 Å². The van der Waals surface area contributed by atoms with Gasteiger partial charge in [0, 0.05) is 17.0 Å². The van der Waals surface area contributed by atoms with E-state index in [1.54, 1.807) is 11.8 Å². The molecule has 0 bridgehead atoms. The van der Waals surface area contributed by atoms with Gasteiger partial charge in [-0.25, -0.2) is 0 Å². The van der Waals surface area contributed by atoms with Crippen molar-refractivity contribution in [2.75, 3.05) is 11.1 Å². The second-order valence-corrected chi connectivity index (χ2v) is 9.01. The molecule has 1 aliphatic rings. The number of benzene rings is 3. The topological polar surface area (TPSA) is 69.2 Å². The predicted octanol–water partition coefficient (Wildman–Crippen LogP) is 6.51. The number of unbranched alkanes of at least 4 members (excludes halogenated alkanes) is 1. The molecule has 4 aromatic rings. The first-order chi connectivity index (χ1) is 16.8. The number of thioether (sulfide) groups is 1. The van der Waals surface area contributed by atoms with Crippen LogP contribution in [-0.4, -0.2) is 20.9 Å². The van der Waals surface area contributed by atoms with Crippen LogP contribution in [0.4, 0.5) is 5.69 Å². The molecule has 2 heterocycles. The molecule has 1 aliphatic heterocycles. The first kappa shape index (κ1) is 22.2. The van der Waals surface area contributed by atoms with E-state index in [2.05, 4.69) is 34.6 Å². The minimum Gasteiger partial charge on any atom is -0.488 e. The maximum atomic E-state index is 6.45. The Hall–Kier alpha value is -3.58. The van der Waals surface area contributed by atoms with Crippen LogP contribution in [0.15, 0.2) is 84.0 Å². The lowest BCUT2D eigenvalue weighted by atomic mass is 10.1. The van der Waals surface area contributed by atoms with Crippen LogP contribution in [0.5, 0.6) is 11.6 Å². The van der Waals surface area contributed by atoms with Crippen molar-refractivity contribution in [1.82, 2.24) is 15.2 Å². The fourth-order valence-corrected chi connectivity index (χ4v) is 4.58. The fourth-order valence-electron chi connectivity index (χ4n) is 3.72. The lowest BCUT2D eigenvalue weighted by Crippen LogP contribution is -2.18. The number of para-hydroxylation sites is 2. The summed E-state index contributed by atoms with van der Waals surface area (Å²) in [4.78, 5) is 4.73. The van der Waals surface area contributed by atoms with E-state index < -0.39 is 6.23 Å². The summed E-state index contributed by atoms with van der Waals surface area (Å²) in [5, 5.41) is 13.0. The molecule has 1 aromatic heterocycles. The number of nitrogens with one attached hydrogen (secondary N) is 1. The number of hydrogen-bond acceptors (Lipinski definition) is 7. The highest BCUT2D eigenvalue weighted by Crippen LogP contribution is 2.41. The van der Waals surface area contributed by atoms with E-state index in [4.69, 9.17) is 14.5 Å². The highest BCUT2D eigenvalue weighted by atomic mass is 32.2. The third-order valence-corrected chi connectivity index (χ3v) is 6.43. The van der Waals surface area contributed by atoms with Crippen molar-refractivity contribution in [2.24, 2.45) is 0 Å². The zero-order valence-electron chi connectivity index (χ0n) is 19.0. The summed E-state index contributed by atoms with van der Waals surface area (Å²) in [7, 11) is 0. The highest BCUT2D eigenvalue weighted by Gasteiger charge is 2.27. The Balaban J connectivity index is 1.48. The van der Waals surface area contributed by atoms with E-state index in [9.17, 15) is 0 Å². The molecule has 1 atom stereocenters. The van der Waals surface area contributed by atoms with Crippen LogP contribution in [0, 0.1) is 0 Å². The Morgan fingerprint density at radius 3 is 2.62 bits per heavy atom. The van der Waals surface area contributed by atoms with Crippen molar-refractivity contribution in [3.8, 4) is 22.9 Å². The maximum Gasteiger partial charge on any atom is 0.247 e. The summed E-state index contributed by atoms with van der Waals surface area (Å²) in [6.45, 7) is 2.64. The molecule has 0 unspecified atom stereocenters. The van der Waals surface area contributed by atoms with Crippen molar-refractivity contribution in [3.05, 3.63) is 90.0 Å². The average molecular weight is 471 g/mol. The standard InChI is InChI=1S/C27H26N4O2S/c1-2-3-17-34-27-29-26-24(30-31-27)20-13-7-9-15-22(20)28-25(33-26)21-14-8-10-16-23(21)32-18-19-11-5-4-6-12-19/h4-16,25,28H,2-3,17-18H2,1H3/t25-/m0/s1. The molecule has 0 fully saturated rings. The molecule has 5 rings (SSSR count). The average Bonchev–Trinajstić information content (AvgIpc) is 3.05. The van der Waals surface area contributed by atoms with Crippen LogP contribution < -0.4 is 14.8 Å². The quantitative estimate of drug-likeness (QED) is 0.232. The van der Waals surface area contributed by atoms with E-state index in [-0.39, 0.29) is 0 Å². The Bertz CT molecular complexity index is 1250. The SMILES string of the molecule is CCCCSc1nnc2c(n1)O[C@@H](c1ccccc1OCc1ccccc1)Nc1ccccc1-2. The second-order valence-electron chi connectivity index (χ2n) is 7.95. The van der Waals surface area contributed by atoms with Crippen molar-refractivity contribution < 1.29 is 9.47 Å². The summed E-state index contributed by atoms with van der Waals surface area (Å²) >= 11 is 1.60. The van der Waals surface area contributed by atoms with Crippen molar-refractivity contribution in [1.29, 1.82) is 0 Å². The minimum absolute atomic E-state index is 0.467. The Kier molecular flexibility index (Phi) is 6.91. The molecule has 34 heavy (non-hydrogen) atoms. The first-order valence-corrected chi connectivity index (χ1v) is 12.5. The molecule has 172 valence electrons. The van der Waals surface area contributed by atoms with Gasteiger partial charge in [-0.15, -0.1) is 10.2 Å². The van der Waals surface area contributed by atoms with E-state index in [0.717, 1.165) is 46.7 Å². The van der Waals surface area contributed by atoms with E-state index in [1.165, 1.54) is 0 Å². The van der Waals surface area contributed by atoms with Gasteiger partial charge in [0.1, 0.15) is 12.4 Å². The van der Waals surface area contributed by atoms with Crippen LogP contribution in [0.2, 0.25) is 0 Å². The molecule has 0 spiro atoms. The molecule has 1 N–H and O–H groups in total. The summed E-state index contributed by atoms with van der Waals surface area (Å²) in [6.07, 6.45) is 1.73. The Labute approximate surface area is 203 Å². The molecular weight excluding hydrogens is 444 g/mol. The number of nitrogens with zero attached hydrogens (tertiary/aromatic N) is 3. The molecular formula is C27H26N4O2S. The lowest BCUT2D eigenvalue weighted by molar-refractivity contribution is 0.214. The van der Waals surface area contributed by atoms with Gasteiger partial charge in [-0.2, -0.15) is 4.98 Å². The fraction of sp³-hybridized carbons (Fsp3) is 0.222. The normalized spacial score (nSPS) is 14.2. The summed E-state index contributed by atoms with van der Waals surface area (Å²) in [6, 6.07) is 26.0.